The van der Waals surface area contributed by atoms with Crippen molar-refractivity contribution in [3.8, 4) is 45.0 Å². The molecule has 4 heterocycles. The second-order valence-corrected chi connectivity index (χ2v) is 19.9. The maximum Gasteiger partial charge on any atom is 0.124 e. The molecule has 4 aromatic carbocycles. The smallest absolute Gasteiger partial charge is 0.124 e. The number of benzene rings is 4. The first-order chi connectivity index (χ1) is 31.4. The number of hydrogen-bond donors (Lipinski definition) is 0. The van der Waals surface area contributed by atoms with Crippen LogP contribution in [0.25, 0.3) is 67.0 Å². The minimum absolute atomic E-state index is 0. The SMILES string of the molecule is CC(C)(C)c1ccnc(-c2[c-]cccc2)n1.[2H]c1cc(C(C)(C)C)cc(C([2H])([2H])[2H])c1-c1cc(-c2[c-]ccc3c2oc2cc(-c4cc(C(C)(C)C)cc(C(C)(C)C)c4)ncc23)ncc1C([2H])([2H])[2H].[Ir]. The van der Waals surface area contributed by atoms with Gasteiger partial charge in [0.15, 0.2) is 0 Å². The number of fused-ring (bicyclic) bond motifs is 3. The van der Waals surface area contributed by atoms with Crippen LogP contribution in [0.4, 0.5) is 0 Å². The van der Waals surface area contributed by atoms with Crippen LogP contribution < -0.4 is 0 Å². The van der Waals surface area contributed by atoms with Crippen molar-refractivity contribution in [3.05, 3.63) is 155 Å². The summed E-state index contributed by atoms with van der Waals surface area (Å²) in [5, 5.41) is 1.58. The van der Waals surface area contributed by atoms with Crippen LogP contribution in [0.5, 0.6) is 0 Å². The van der Waals surface area contributed by atoms with Crippen molar-refractivity contribution in [1.82, 2.24) is 19.9 Å². The molecular weight excluding hydrogens is 937 g/mol. The third-order valence-corrected chi connectivity index (χ3v) is 10.9. The molecule has 0 amide bonds. The van der Waals surface area contributed by atoms with Gasteiger partial charge in [-0.15, -0.1) is 54.1 Å². The Kier molecular flexibility index (Phi) is 10.5. The van der Waals surface area contributed by atoms with Gasteiger partial charge < -0.3 is 9.40 Å². The van der Waals surface area contributed by atoms with Crippen LogP contribution in [0.15, 0.2) is 114 Å². The zero-order valence-electron chi connectivity index (χ0n) is 44.8. The van der Waals surface area contributed by atoms with E-state index in [1.165, 1.54) is 17.3 Å². The number of aryl methyl sites for hydroxylation is 2. The number of aromatic nitrogens is 4. The molecule has 0 saturated carbocycles. The van der Waals surface area contributed by atoms with Crippen LogP contribution in [-0.4, -0.2) is 19.9 Å². The van der Waals surface area contributed by atoms with Crippen LogP contribution in [-0.2, 0) is 41.8 Å². The van der Waals surface area contributed by atoms with Gasteiger partial charge in [-0.05, 0) is 92.8 Å². The zero-order chi connectivity index (χ0) is 49.9. The minimum Gasteiger partial charge on any atom is -0.500 e. The largest absolute Gasteiger partial charge is 0.500 e. The molecule has 0 unspecified atom stereocenters. The topological polar surface area (TPSA) is 64.7 Å². The summed E-state index contributed by atoms with van der Waals surface area (Å²) in [6.45, 7) is 20.2. The standard InChI is InChI=1S/C42H45N2O.C14H15N2.Ir/c1-25-17-28(40(3,4)5)15-16-31(25)34-21-37(43-23-26(34)2)33-14-12-13-32-35-24-44-36(22-38(35)45-39(32)33)27-18-29(41(6,7)8)20-30(19-27)42(9,10)11;1-14(2,3)12-9-10-15-13(16-12)11-7-5-4-6-8-11;/h12-13,15-24H,1-11H3;4-7,9-10H,1-3H3;/q2*-1;/i1D3,2D3,16D;;. The van der Waals surface area contributed by atoms with E-state index in [-0.39, 0.29) is 64.6 Å². The van der Waals surface area contributed by atoms with Gasteiger partial charge >= 0.3 is 0 Å². The Balaban J connectivity index is 0.000000388. The summed E-state index contributed by atoms with van der Waals surface area (Å²) in [6, 6.07) is 33.0. The number of rotatable bonds is 4. The fourth-order valence-electron chi connectivity index (χ4n) is 7.02. The molecule has 0 fully saturated rings. The first kappa shape index (κ1) is 37.3. The fourth-order valence-corrected chi connectivity index (χ4v) is 7.02. The van der Waals surface area contributed by atoms with Crippen molar-refractivity contribution in [1.29, 1.82) is 0 Å². The Morgan fingerprint density at radius 1 is 0.597 bits per heavy atom. The van der Waals surface area contributed by atoms with Gasteiger partial charge in [-0.25, -0.2) is 0 Å². The monoisotopic (exact) mass is 1000 g/mol. The van der Waals surface area contributed by atoms with E-state index in [1.807, 2.05) is 75.6 Å². The average Bonchev–Trinajstić information content (AvgIpc) is 3.63. The van der Waals surface area contributed by atoms with Gasteiger partial charge in [-0.2, -0.15) is 0 Å². The van der Waals surface area contributed by atoms with E-state index >= 15 is 0 Å². The molecule has 0 atom stereocenters. The first-order valence-corrected chi connectivity index (χ1v) is 20.8. The second-order valence-electron chi connectivity index (χ2n) is 19.9. The van der Waals surface area contributed by atoms with E-state index in [9.17, 15) is 0 Å². The number of hydrogen-bond acceptors (Lipinski definition) is 5. The summed E-state index contributed by atoms with van der Waals surface area (Å²) in [5.41, 5.74) is 8.19. The van der Waals surface area contributed by atoms with Gasteiger partial charge in [0.1, 0.15) is 5.58 Å². The third kappa shape index (κ3) is 9.99. The minimum atomic E-state index is -2.63. The van der Waals surface area contributed by atoms with Gasteiger partial charge in [0.25, 0.3) is 0 Å². The van der Waals surface area contributed by atoms with Gasteiger partial charge in [0.05, 0.1) is 18.5 Å². The second kappa shape index (κ2) is 17.5. The molecule has 6 heteroatoms. The van der Waals surface area contributed by atoms with Crippen molar-refractivity contribution < 1.29 is 34.1 Å². The van der Waals surface area contributed by atoms with Crippen LogP contribution in [0, 0.1) is 25.8 Å². The van der Waals surface area contributed by atoms with Crippen LogP contribution in [0.2, 0.25) is 0 Å². The summed E-state index contributed by atoms with van der Waals surface area (Å²) in [7, 11) is 0. The summed E-state index contributed by atoms with van der Waals surface area (Å²) in [4.78, 5) is 18.3. The van der Waals surface area contributed by atoms with Crippen molar-refractivity contribution in [2.24, 2.45) is 0 Å². The molecule has 5 nitrogen and oxygen atoms in total. The van der Waals surface area contributed by atoms with E-state index in [2.05, 4.69) is 108 Å². The maximum atomic E-state index is 9.03. The molecular formula is C56H60IrN4O-2. The predicted molar refractivity (Wildman–Crippen MR) is 255 cm³/mol. The van der Waals surface area contributed by atoms with Crippen molar-refractivity contribution in [2.45, 2.75) is 118 Å². The normalized spacial score (nSPS) is 14.3. The molecule has 4 aromatic heterocycles. The fraction of sp³-hybridized carbons (Fsp3) is 0.321. The van der Waals surface area contributed by atoms with Gasteiger partial charge in [0.2, 0.25) is 0 Å². The van der Waals surface area contributed by atoms with E-state index < -0.39 is 19.1 Å². The van der Waals surface area contributed by atoms with Crippen LogP contribution in [0.1, 0.15) is 126 Å². The van der Waals surface area contributed by atoms with Crippen LogP contribution in [0.3, 0.4) is 0 Å². The van der Waals surface area contributed by atoms with E-state index in [0.29, 0.717) is 28.0 Å². The van der Waals surface area contributed by atoms with Crippen molar-refractivity contribution >= 4 is 21.9 Å². The molecule has 0 N–H and O–H groups in total. The molecule has 0 aliphatic heterocycles. The van der Waals surface area contributed by atoms with Gasteiger partial charge in [-0.3, -0.25) is 15.0 Å². The Morgan fingerprint density at radius 2 is 1.29 bits per heavy atom. The quantitative estimate of drug-likeness (QED) is 0.164. The Hall–Kier alpha value is -5.29. The molecule has 8 rings (SSSR count). The van der Waals surface area contributed by atoms with E-state index in [4.69, 9.17) is 19.0 Å². The Morgan fingerprint density at radius 3 is 1.92 bits per heavy atom. The molecule has 0 bridgehead atoms. The third-order valence-electron chi connectivity index (χ3n) is 10.9. The molecule has 8 aromatic rings. The molecule has 0 saturated heterocycles. The Labute approximate surface area is 393 Å². The summed E-state index contributed by atoms with van der Waals surface area (Å²) in [5.74, 6) is 0.744. The molecule has 62 heavy (non-hydrogen) atoms. The average molecular weight is 1000 g/mol. The zero-order valence-corrected chi connectivity index (χ0v) is 40.2. The summed E-state index contributed by atoms with van der Waals surface area (Å²) in [6.07, 6.45) is 4.87. The number of furan rings is 1. The van der Waals surface area contributed by atoms with Crippen LogP contribution >= 0.6 is 0 Å². The molecule has 321 valence electrons. The van der Waals surface area contributed by atoms with E-state index in [0.717, 1.165) is 39.1 Å². The van der Waals surface area contributed by atoms with Gasteiger partial charge in [-0.1, -0.05) is 124 Å². The van der Waals surface area contributed by atoms with Crippen molar-refractivity contribution in [2.75, 3.05) is 0 Å². The Bertz CT molecular complexity index is 3120. The number of nitrogens with zero attached hydrogens (tertiary/aromatic N) is 4. The maximum absolute atomic E-state index is 9.03. The van der Waals surface area contributed by atoms with Crippen molar-refractivity contribution in [3.63, 3.8) is 0 Å². The van der Waals surface area contributed by atoms with E-state index in [1.54, 1.807) is 24.3 Å². The van der Waals surface area contributed by atoms with Gasteiger partial charge in [0, 0.05) is 75.0 Å². The summed E-state index contributed by atoms with van der Waals surface area (Å²) < 4.78 is 65.8. The first-order valence-electron chi connectivity index (χ1n) is 24.3. The molecule has 0 spiro atoms. The molecule has 1 radical (unpaired) electrons. The number of pyridine rings is 2. The summed E-state index contributed by atoms with van der Waals surface area (Å²) >= 11 is 0. The molecule has 0 aliphatic carbocycles. The predicted octanol–water partition coefficient (Wildman–Crippen LogP) is 14.9. The molecule has 0 aliphatic rings.